The third-order valence-corrected chi connectivity index (χ3v) is 2.33. The van der Waals surface area contributed by atoms with Gasteiger partial charge < -0.3 is 10.6 Å². The molecule has 0 bridgehead atoms. The lowest BCUT2D eigenvalue weighted by Crippen LogP contribution is -2.33. The Morgan fingerprint density at radius 3 is 2.82 bits per heavy atom. The van der Waals surface area contributed by atoms with E-state index in [9.17, 15) is 0 Å². The molecule has 64 valence electrons. The number of likely N-dealkylation sites (N-methyl/N-ethyl adjacent to an activating group) is 1. The summed E-state index contributed by atoms with van der Waals surface area (Å²) < 4.78 is 0. The van der Waals surface area contributed by atoms with Crippen LogP contribution in [0.2, 0.25) is 0 Å². The van der Waals surface area contributed by atoms with Gasteiger partial charge in [-0.1, -0.05) is 6.08 Å². The highest BCUT2D eigenvalue weighted by Gasteiger charge is 2.16. The van der Waals surface area contributed by atoms with Crippen LogP contribution in [0, 0.1) is 5.92 Å². The predicted octanol–water partition coefficient (Wildman–Crippen LogP) is 0.842. The van der Waals surface area contributed by atoms with Crippen molar-refractivity contribution in [2.45, 2.75) is 18.9 Å². The van der Waals surface area contributed by atoms with Crippen LogP contribution in [0.1, 0.15) is 12.8 Å². The van der Waals surface area contributed by atoms with Gasteiger partial charge in [0.1, 0.15) is 0 Å². The van der Waals surface area contributed by atoms with Gasteiger partial charge in [-0.05, 0) is 25.8 Å². The molecule has 0 saturated carbocycles. The third kappa shape index (κ3) is 2.64. The number of rotatable bonds is 1. The van der Waals surface area contributed by atoms with Gasteiger partial charge in [-0.15, -0.1) is 6.58 Å². The van der Waals surface area contributed by atoms with Crippen LogP contribution in [0.5, 0.6) is 0 Å². The fourth-order valence-corrected chi connectivity index (χ4v) is 1.68. The molecule has 2 nitrogen and oxygen atoms in total. The fraction of sp³-hybridized carbons (Fsp3) is 0.778. The van der Waals surface area contributed by atoms with Gasteiger partial charge in [0.15, 0.2) is 0 Å². The second-order valence-corrected chi connectivity index (χ2v) is 3.55. The van der Waals surface area contributed by atoms with E-state index in [1.165, 1.54) is 6.42 Å². The van der Waals surface area contributed by atoms with Crippen molar-refractivity contribution in [3.8, 4) is 0 Å². The van der Waals surface area contributed by atoms with E-state index in [2.05, 4.69) is 24.6 Å². The smallest absolute Gasteiger partial charge is 0.0167 e. The van der Waals surface area contributed by atoms with E-state index >= 15 is 0 Å². The van der Waals surface area contributed by atoms with E-state index < -0.39 is 0 Å². The Bertz CT molecular complexity index is 134. The Labute approximate surface area is 69.1 Å². The third-order valence-electron chi connectivity index (χ3n) is 2.33. The summed E-state index contributed by atoms with van der Waals surface area (Å²) in [7, 11) is 2.13. The van der Waals surface area contributed by atoms with Gasteiger partial charge in [0, 0.05) is 19.1 Å². The number of likely N-dealkylation sites (tertiary alicyclic amines) is 1. The second-order valence-electron chi connectivity index (χ2n) is 3.55. The van der Waals surface area contributed by atoms with Crippen LogP contribution < -0.4 is 5.73 Å². The molecule has 2 N–H and O–H groups in total. The van der Waals surface area contributed by atoms with Crippen molar-refractivity contribution in [1.29, 1.82) is 0 Å². The van der Waals surface area contributed by atoms with Crippen molar-refractivity contribution in [2.24, 2.45) is 11.7 Å². The molecule has 1 rings (SSSR count). The van der Waals surface area contributed by atoms with Crippen LogP contribution in [0.4, 0.5) is 0 Å². The Morgan fingerprint density at radius 1 is 1.45 bits per heavy atom. The molecule has 1 aliphatic heterocycles. The molecule has 2 heteroatoms. The van der Waals surface area contributed by atoms with Gasteiger partial charge in [-0.3, -0.25) is 0 Å². The zero-order valence-corrected chi connectivity index (χ0v) is 7.29. The maximum Gasteiger partial charge on any atom is 0.0167 e. The summed E-state index contributed by atoms with van der Waals surface area (Å²) in [6, 6.07) is 0.366. The van der Waals surface area contributed by atoms with Crippen LogP contribution in [-0.2, 0) is 0 Å². The molecule has 0 aromatic heterocycles. The van der Waals surface area contributed by atoms with Gasteiger partial charge in [-0.25, -0.2) is 0 Å². The summed E-state index contributed by atoms with van der Waals surface area (Å²) in [5, 5.41) is 0. The lowest BCUT2D eigenvalue weighted by Gasteiger charge is -2.17. The highest BCUT2D eigenvalue weighted by Crippen LogP contribution is 2.14. The Balaban J connectivity index is 2.45. The van der Waals surface area contributed by atoms with Gasteiger partial charge in [0.2, 0.25) is 0 Å². The predicted molar refractivity (Wildman–Crippen MR) is 48.4 cm³/mol. The van der Waals surface area contributed by atoms with Gasteiger partial charge in [0.05, 0.1) is 0 Å². The summed E-state index contributed by atoms with van der Waals surface area (Å²) in [5.74, 6) is 0.647. The first-order chi connectivity index (χ1) is 5.22. The first-order valence-corrected chi connectivity index (χ1v) is 4.29. The van der Waals surface area contributed by atoms with Crippen LogP contribution in [-0.4, -0.2) is 31.1 Å². The standard InChI is InChI=1S/C9H18N2/c1-3-8-4-5-9(10)7-11(2)6-8/h3,8-9H,1,4-7,10H2,2H3/t8-,9+/m1/s1. The molecule has 0 unspecified atom stereocenters. The SMILES string of the molecule is C=C[C@@H]1CC[C@H](N)CN(C)C1. The Hall–Kier alpha value is -0.340. The van der Waals surface area contributed by atoms with E-state index in [1.54, 1.807) is 0 Å². The van der Waals surface area contributed by atoms with Crippen molar-refractivity contribution in [3.05, 3.63) is 12.7 Å². The molecule has 0 spiro atoms. The Morgan fingerprint density at radius 2 is 2.18 bits per heavy atom. The maximum absolute atomic E-state index is 5.87. The number of hydrogen-bond donors (Lipinski definition) is 1. The summed E-state index contributed by atoms with van der Waals surface area (Å²) in [6.07, 6.45) is 4.39. The van der Waals surface area contributed by atoms with E-state index in [0.717, 1.165) is 19.5 Å². The normalized spacial score (nSPS) is 34.7. The minimum Gasteiger partial charge on any atom is -0.327 e. The molecule has 1 heterocycles. The molecule has 0 amide bonds. The summed E-state index contributed by atoms with van der Waals surface area (Å²) in [4.78, 5) is 2.30. The molecule has 0 radical (unpaired) electrons. The van der Waals surface area contributed by atoms with E-state index in [1.807, 2.05) is 0 Å². The quantitative estimate of drug-likeness (QED) is 0.567. The first kappa shape index (κ1) is 8.75. The second kappa shape index (κ2) is 3.88. The fourth-order valence-electron chi connectivity index (χ4n) is 1.68. The van der Waals surface area contributed by atoms with E-state index in [4.69, 9.17) is 5.73 Å². The zero-order chi connectivity index (χ0) is 8.27. The molecule has 1 aliphatic rings. The van der Waals surface area contributed by atoms with Gasteiger partial charge >= 0.3 is 0 Å². The average molecular weight is 154 g/mol. The minimum absolute atomic E-state index is 0.366. The Kier molecular flexibility index (Phi) is 3.09. The molecule has 0 aromatic carbocycles. The molecule has 0 aliphatic carbocycles. The maximum atomic E-state index is 5.87. The van der Waals surface area contributed by atoms with E-state index in [-0.39, 0.29) is 0 Å². The van der Waals surface area contributed by atoms with Crippen molar-refractivity contribution in [1.82, 2.24) is 4.90 Å². The molecule has 1 fully saturated rings. The highest BCUT2D eigenvalue weighted by molar-refractivity contribution is 4.85. The molecule has 2 atom stereocenters. The summed E-state index contributed by atoms with van der Waals surface area (Å²) in [6.45, 7) is 5.97. The lowest BCUT2D eigenvalue weighted by atomic mass is 10.0. The van der Waals surface area contributed by atoms with Crippen molar-refractivity contribution in [3.63, 3.8) is 0 Å². The van der Waals surface area contributed by atoms with Crippen molar-refractivity contribution < 1.29 is 0 Å². The number of nitrogens with two attached hydrogens (primary N) is 1. The van der Waals surface area contributed by atoms with E-state index in [0.29, 0.717) is 12.0 Å². The largest absolute Gasteiger partial charge is 0.327 e. The minimum atomic E-state index is 0.366. The van der Waals surface area contributed by atoms with Crippen LogP contribution in [0.15, 0.2) is 12.7 Å². The van der Waals surface area contributed by atoms with Crippen LogP contribution in [0.25, 0.3) is 0 Å². The molecule has 1 saturated heterocycles. The van der Waals surface area contributed by atoms with Crippen LogP contribution in [0.3, 0.4) is 0 Å². The molecular weight excluding hydrogens is 136 g/mol. The number of nitrogens with zero attached hydrogens (tertiary/aromatic N) is 1. The molecule has 11 heavy (non-hydrogen) atoms. The van der Waals surface area contributed by atoms with Crippen LogP contribution >= 0.6 is 0 Å². The summed E-state index contributed by atoms with van der Waals surface area (Å²) in [5.41, 5.74) is 5.87. The molecular formula is C9H18N2. The van der Waals surface area contributed by atoms with Crippen molar-refractivity contribution >= 4 is 0 Å². The average Bonchev–Trinajstić information content (AvgIpc) is 2.11. The highest BCUT2D eigenvalue weighted by atomic mass is 15.1. The zero-order valence-electron chi connectivity index (χ0n) is 7.29. The van der Waals surface area contributed by atoms with Crippen molar-refractivity contribution in [2.75, 3.05) is 20.1 Å². The number of hydrogen-bond acceptors (Lipinski definition) is 2. The monoisotopic (exact) mass is 154 g/mol. The topological polar surface area (TPSA) is 29.3 Å². The lowest BCUT2D eigenvalue weighted by molar-refractivity contribution is 0.312. The first-order valence-electron chi connectivity index (χ1n) is 4.29. The van der Waals surface area contributed by atoms with Gasteiger partial charge in [-0.2, -0.15) is 0 Å². The van der Waals surface area contributed by atoms with Gasteiger partial charge in [0.25, 0.3) is 0 Å². The summed E-state index contributed by atoms with van der Waals surface area (Å²) >= 11 is 0. The molecule has 0 aromatic rings.